The Kier molecular flexibility index (Phi) is 2.73. The van der Waals surface area contributed by atoms with Gasteiger partial charge in [0.25, 0.3) is 0 Å². The molecule has 0 amide bonds. The summed E-state index contributed by atoms with van der Waals surface area (Å²) < 4.78 is 6.06. The molecule has 4 saturated carbocycles. The predicted molar refractivity (Wildman–Crippen MR) is 61.9 cm³/mol. The summed E-state index contributed by atoms with van der Waals surface area (Å²) in [4.78, 5) is 0. The fraction of sp³-hybridized carbons (Fsp3) is 1.00. The summed E-state index contributed by atoms with van der Waals surface area (Å²) in [5.41, 5.74) is 5.54. The van der Waals surface area contributed by atoms with Crippen molar-refractivity contribution in [3.05, 3.63) is 0 Å². The second-order valence-electron chi connectivity index (χ2n) is 6.30. The molecule has 0 aromatic heterocycles. The lowest BCUT2D eigenvalue weighted by molar-refractivity contribution is -0.174. The molecule has 3 heteroatoms. The molecule has 4 aliphatic rings. The zero-order valence-corrected chi connectivity index (χ0v) is 9.90. The van der Waals surface area contributed by atoms with Gasteiger partial charge in [0.2, 0.25) is 0 Å². The van der Waals surface area contributed by atoms with Gasteiger partial charge in [0.1, 0.15) is 0 Å². The summed E-state index contributed by atoms with van der Waals surface area (Å²) in [6.45, 7) is 0.745. The van der Waals surface area contributed by atoms with Gasteiger partial charge < -0.3 is 15.6 Å². The zero-order chi connectivity index (χ0) is 11.2. The molecule has 4 fully saturated rings. The van der Waals surface area contributed by atoms with Crippen molar-refractivity contribution in [3.63, 3.8) is 0 Å². The molecule has 0 aromatic rings. The maximum absolute atomic E-state index is 9.51. The summed E-state index contributed by atoms with van der Waals surface area (Å²) in [5, 5.41) is 9.51. The van der Waals surface area contributed by atoms with Crippen molar-refractivity contribution >= 4 is 0 Å². The van der Waals surface area contributed by atoms with Crippen molar-refractivity contribution < 1.29 is 9.84 Å². The monoisotopic (exact) mass is 225 g/mol. The lowest BCUT2D eigenvalue weighted by Gasteiger charge is -2.56. The summed E-state index contributed by atoms with van der Waals surface area (Å²) >= 11 is 0. The first-order valence-electron chi connectivity index (χ1n) is 6.71. The van der Waals surface area contributed by atoms with Gasteiger partial charge in [-0.25, -0.2) is 0 Å². The Bertz CT molecular complexity index is 231. The molecule has 0 heterocycles. The van der Waals surface area contributed by atoms with Crippen molar-refractivity contribution in [1.82, 2.24) is 0 Å². The van der Waals surface area contributed by atoms with Gasteiger partial charge in [0.05, 0.1) is 18.3 Å². The van der Waals surface area contributed by atoms with Crippen molar-refractivity contribution in [2.24, 2.45) is 23.5 Å². The van der Waals surface area contributed by atoms with Gasteiger partial charge in [0.15, 0.2) is 0 Å². The molecule has 4 rings (SSSR count). The van der Waals surface area contributed by atoms with E-state index in [1.807, 2.05) is 0 Å². The molecular formula is C13H23NO2. The van der Waals surface area contributed by atoms with Gasteiger partial charge in [-0.1, -0.05) is 0 Å². The number of aliphatic hydroxyl groups excluding tert-OH is 1. The molecule has 0 aliphatic heterocycles. The number of nitrogens with two attached hydrogens (primary N) is 1. The topological polar surface area (TPSA) is 55.5 Å². The van der Waals surface area contributed by atoms with E-state index >= 15 is 0 Å². The molecule has 1 unspecified atom stereocenters. The molecule has 0 radical (unpaired) electrons. The van der Waals surface area contributed by atoms with Crippen molar-refractivity contribution in [3.8, 4) is 0 Å². The molecule has 4 bridgehead atoms. The molecular weight excluding hydrogens is 202 g/mol. The highest BCUT2D eigenvalue weighted by Gasteiger charge is 2.51. The van der Waals surface area contributed by atoms with E-state index in [0.29, 0.717) is 13.2 Å². The van der Waals surface area contributed by atoms with Crippen LogP contribution in [0.4, 0.5) is 0 Å². The van der Waals surface area contributed by atoms with E-state index in [-0.39, 0.29) is 5.60 Å². The van der Waals surface area contributed by atoms with E-state index in [4.69, 9.17) is 10.5 Å². The van der Waals surface area contributed by atoms with E-state index in [1.54, 1.807) is 0 Å². The summed E-state index contributed by atoms with van der Waals surface area (Å²) in [6.07, 6.45) is 7.52. The number of hydrogen-bond donors (Lipinski definition) is 2. The zero-order valence-electron chi connectivity index (χ0n) is 9.90. The summed E-state index contributed by atoms with van der Waals surface area (Å²) in [5.74, 6) is 2.71. The Morgan fingerprint density at radius 1 is 1.12 bits per heavy atom. The minimum atomic E-state index is -0.479. The highest BCUT2D eigenvalue weighted by atomic mass is 16.5. The third-order valence-corrected chi connectivity index (χ3v) is 4.84. The molecule has 0 saturated heterocycles. The van der Waals surface area contributed by atoms with Crippen LogP contribution in [0, 0.1) is 17.8 Å². The fourth-order valence-electron chi connectivity index (χ4n) is 4.55. The Hall–Kier alpha value is -0.120. The Labute approximate surface area is 97.3 Å². The van der Waals surface area contributed by atoms with Crippen LogP contribution in [0.15, 0.2) is 0 Å². The van der Waals surface area contributed by atoms with Crippen LogP contribution in [-0.2, 0) is 4.74 Å². The Morgan fingerprint density at radius 2 is 1.62 bits per heavy atom. The Morgan fingerprint density at radius 3 is 2.06 bits per heavy atom. The normalized spacial score (nSPS) is 47.2. The molecule has 92 valence electrons. The van der Waals surface area contributed by atoms with Crippen LogP contribution in [0.5, 0.6) is 0 Å². The van der Waals surface area contributed by atoms with Crippen molar-refractivity contribution in [2.75, 3.05) is 13.2 Å². The van der Waals surface area contributed by atoms with Gasteiger partial charge in [-0.05, 0) is 56.3 Å². The lowest BCUT2D eigenvalue weighted by atomic mass is 9.54. The van der Waals surface area contributed by atoms with Gasteiger partial charge >= 0.3 is 0 Å². The van der Waals surface area contributed by atoms with Crippen LogP contribution in [0.1, 0.15) is 38.5 Å². The van der Waals surface area contributed by atoms with Crippen LogP contribution >= 0.6 is 0 Å². The van der Waals surface area contributed by atoms with Gasteiger partial charge in [-0.3, -0.25) is 0 Å². The third kappa shape index (κ3) is 1.89. The standard InChI is InChI=1S/C13H23NO2/c14-7-12(15)8-16-13-4-9-1-10(5-13)3-11(2-9)6-13/h9-12,15H,1-8,14H2. The van der Waals surface area contributed by atoms with Crippen LogP contribution in [0.25, 0.3) is 0 Å². The van der Waals surface area contributed by atoms with Crippen LogP contribution in [0.2, 0.25) is 0 Å². The molecule has 4 aliphatic carbocycles. The maximum atomic E-state index is 9.51. The number of aliphatic hydroxyl groups is 1. The van der Waals surface area contributed by atoms with Gasteiger partial charge in [-0.2, -0.15) is 0 Å². The average molecular weight is 225 g/mol. The van der Waals surface area contributed by atoms with Gasteiger partial charge in [0, 0.05) is 6.54 Å². The molecule has 3 nitrogen and oxygen atoms in total. The molecule has 0 spiro atoms. The highest BCUT2D eigenvalue weighted by molar-refractivity contribution is 5.03. The summed E-state index contributed by atoms with van der Waals surface area (Å²) in [7, 11) is 0. The third-order valence-electron chi connectivity index (χ3n) is 4.84. The second kappa shape index (κ2) is 3.97. The molecule has 16 heavy (non-hydrogen) atoms. The minimum Gasteiger partial charge on any atom is -0.389 e. The van der Waals surface area contributed by atoms with E-state index in [9.17, 15) is 5.11 Å². The largest absolute Gasteiger partial charge is 0.389 e. The lowest BCUT2D eigenvalue weighted by Crippen LogP contribution is -2.52. The summed E-state index contributed by atoms with van der Waals surface area (Å²) in [6, 6.07) is 0. The van der Waals surface area contributed by atoms with Crippen LogP contribution < -0.4 is 5.73 Å². The average Bonchev–Trinajstić information content (AvgIpc) is 2.24. The molecule has 1 atom stereocenters. The van der Waals surface area contributed by atoms with E-state index in [1.165, 1.54) is 38.5 Å². The highest BCUT2D eigenvalue weighted by Crippen LogP contribution is 2.57. The Balaban J connectivity index is 1.64. The number of rotatable bonds is 4. The minimum absolute atomic E-state index is 0.116. The SMILES string of the molecule is NCC(O)COC12CC3CC(CC(C3)C1)C2. The first-order chi connectivity index (χ1) is 7.69. The molecule has 0 aromatic carbocycles. The first kappa shape index (κ1) is 11.0. The molecule has 3 N–H and O–H groups in total. The first-order valence-corrected chi connectivity index (χ1v) is 6.71. The fourth-order valence-corrected chi connectivity index (χ4v) is 4.55. The van der Waals surface area contributed by atoms with E-state index in [2.05, 4.69) is 0 Å². The van der Waals surface area contributed by atoms with Crippen molar-refractivity contribution in [1.29, 1.82) is 0 Å². The van der Waals surface area contributed by atoms with Crippen LogP contribution in [-0.4, -0.2) is 30.0 Å². The smallest absolute Gasteiger partial charge is 0.0895 e. The number of hydrogen-bond acceptors (Lipinski definition) is 3. The quantitative estimate of drug-likeness (QED) is 0.758. The van der Waals surface area contributed by atoms with Gasteiger partial charge in [-0.15, -0.1) is 0 Å². The van der Waals surface area contributed by atoms with E-state index < -0.39 is 6.10 Å². The van der Waals surface area contributed by atoms with E-state index in [0.717, 1.165) is 17.8 Å². The van der Waals surface area contributed by atoms with Crippen LogP contribution in [0.3, 0.4) is 0 Å². The number of ether oxygens (including phenoxy) is 1. The predicted octanol–water partition coefficient (Wildman–Crippen LogP) is 1.29. The maximum Gasteiger partial charge on any atom is 0.0895 e. The van der Waals surface area contributed by atoms with Crippen molar-refractivity contribution in [2.45, 2.75) is 50.2 Å². The second-order valence-corrected chi connectivity index (χ2v) is 6.30.